The molecule has 1 saturated carbocycles. The van der Waals surface area contributed by atoms with Gasteiger partial charge in [-0.3, -0.25) is 0 Å². The average Bonchev–Trinajstić information content (AvgIpc) is 2.34. The van der Waals surface area contributed by atoms with Gasteiger partial charge >= 0.3 is 0 Å². The lowest BCUT2D eigenvalue weighted by Crippen LogP contribution is -2.21. The second-order valence-corrected chi connectivity index (χ2v) is 5.75. The summed E-state index contributed by atoms with van der Waals surface area (Å²) in [4.78, 5) is 0. The van der Waals surface area contributed by atoms with Crippen molar-refractivity contribution >= 4 is 23.0 Å². The fraction of sp³-hybridized carbons (Fsp3) is 0.571. The minimum absolute atomic E-state index is 0.115. The van der Waals surface area contributed by atoms with Gasteiger partial charge in [-0.05, 0) is 36.8 Å². The predicted molar refractivity (Wildman–Crippen MR) is 75.4 cm³/mol. The average molecular weight is 271 g/mol. The van der Waals surface area contributed by atoms with E-state index in [-0.39, 0.29) is 5.02 Å². The maximum absolute atomic E-state index is 13.8. The molecule has 0 heterocycles. The second-order valence-electron chi connectivity index (χ2n) is 5.34. The van der Waals surface area contributed by atoms with E-state index >= 15 is 0 Å². The number of nitrogens with one attached hydrogen (secondary N) is 1. The summed E-state index contributed by atoms with van der Waals surface area (Å²) in [6, 6.07) is 3.12. The first-order valence-corrected chi connectivity index (χ1v) is 6.93. The Morgan fingerprint density at radius 3 is 2.94 bits per heavy atom. The third-order valence-corrected chi connectivity index (χ3v) is 4.03. The molecule has 2 atom stereocenters. The molecule has 1 aliphatic rings. The highest BCUT2D eigenvalue weighted by molar-refractivity contribution is 6.31. The van der Waals surface area contributed by atoms with Crippen LogP contribution in [0.4, 0.5) is 15.8 Å². The molecule has 100 valence electrons. The van der Waals surface area contributed by atoms with Crippen molar-refractivity contribution in [2.75, 3.05) is 17.6 Å². The van der Waals surface area contributed by atoms with Gasteiger partial charge in [0.05, 0.1) is 16.4 Å². The van der Waals surface area contributed by atoms with E-state index in [1.54, 1.807) is 6.07 Å². The van der Waals surface area contributed by atoms with Gasteiger partial charge in [0, 0.05) is 6.54 Å². The third kappa shape index (κ3) is 3.08. The lowest BCUT2D eigenvalue weighted by atomic mass is 9.82. The van der Waals surface area contributed by atoms with Crippen molar-refractivity contribution in [2.45, 2.75) is 32.6 Å². The van der Waals surface area contributed by atoms with Gasteiger partial charge in [-0.25, -0.2) is 4.39 Å². The fourth-order valence-electron chi connectivity index (χ4n) is 2.74. The van der Waals surface area contributed by atoms with Crippen LogP contribution in [0.5, 0.6) is 0 Å². The Labute approximate surface area is 113 Å². The fourth-order valence-corrected chi connectivity index (χ4v) is 2.89. The van der Waals surface area contributed by atoms with E-state index in [2.05, 4.69) is 12.2 Å². The normalized spacial score (nSPS) is 23.9. The van der Waals surface area contributed by atoms with Crippen LogP contribution >= 0.6 is 11.6 Å². The number of nitrogens with two attached hydrogens (primary N) is 1. The molecule has 0 bridgehead atoms. The van der Waals surface area contributed by atoms with Gasteiger partial charge < -0.3 is 11.1 Å². The molecule has 3 N–H and O–H groups in total. The van der Waals surface area contributed by atoms with Crippen LogP contribution in [0, 0.1) is 17.7 Å². The van der Waals surface area contributed by atoms with Gasteiger partial charge in [0.1, 0.15) is 0 Å². The molecular formula is C14H20ClFN2. The second kappa shape index (κ2) is 5.79. The van der Waals surface area contributed by atoms with Gasteiger partial charge in [0.2, 0.25) is 0 Å². The largest absolute Gasteiger partial charge is 0.397 e. The van der Waals surface area contributed by atoms with Crippen molar-refractivity contribution < 1.29 is 4.39 Å². The molecule has 0 aromatic heterocycles. The maximum Gasteiger partial charge on any atom is 0.166 e. The topological polar surface area (TPSA) is 38.0 Å². The van der Waals surface area contributed by atoms with E-state index in [9.17, 15) is 4.39 Å². The highest BCUT2D eigenvalue weighted by Crippen LogP contribution is 2.31. The van der Waals surface area contributed by atoms with Crippen molar-refractivity contribution in [3.05, 3.63) is 23.0 Å². The molecule has 0 radical (unpaired) electrons. The number of nitrogen functional groups attached to an aromatic ring is 1. The Morgan fingerprint density at radius 2 is 2.22 bits per heavy atom. The summed E-state index contributed by atoms with van der Waals surface area (Å²) in [5, 5.41) is 3.24. The zero-order chi connectivity index (χ0) is 13.1. The highest BCUT2D eigenvalue weighted by atomic mass is 35.5. The van der Waals surface area contributed by atoms with Crippen LogP contribution in [0.1, 0.15) is 32.6 Å². The molecule has 0 saturated heterocycles. The first kappa shape index (κ1) is 13.5. The van der Waals surface area contributed by atoms with Crippen molar-refractivity contribution in [3.63, 3.8) is 0 Å². The molecule has 0 aliphatic heterocycles. The van der Waals surface area contributed by atoms with Crippen LogP contribution in [0.2, 0.25) is 5.02 Å². The summed E-state index contributed by atoms with van der Waals surface area (Å²) in [5.41, 5.74) is 6.54. The molecule has 18 heavy (non-hydrogen) atoms. The first-order valence-electron chi connectivity index (χ1n) is 6.55. The summed E-state index contributed by atoms with van der Waals surface area (Å²) in [5.74, 6) is 0.930. The summed E-state index contributed by atoms with van der Waals surface area (Å²) in [7, 11) is 0. The zero-order valence-electron chi connectivity index (χ0n) is 10.7. The van der Waals surface area contributed by atoms with E-state index in [0.29, 0.717) is 17.3 Å². The smallest absolute Gasteiger partial charge is 0.166 e. The van der Waals surface area contributed by atoms with E-state index in [1.165, 1.54) is 31.7 Å². The lowest BCUT2D eigenvalue weighted by molar-refractivity contribution is 0.293. The summed E-state index contributed by atoms with van der Waals surface area (Å²) in [6.07, 6.45) is 4.99. The van der Waals surface area contributed by atoms with Crippen molar-refractivity contribution in [1.29, 1.82) is 0 Å². The van der Waals surface area contributed by atoms with Gasteiger partial charge in [-0.2, -0.15) is 0 Å². The van der Waals surface area contributed by atoms with Crippen molar-refractivity contribution in [1.82, 2.24) is 0 Å². The minimum atomic E-state index is -0.444. The Morgan fingerprint density at radius 1 is 1.44 bits per heavy atom. The van der Waals surface area contributed by atoms with E-state index in [4.69, 9.17) is 17.3 Å². The molecule has 1 aromatic rings. The summed E-state index contributed by atoms with van der Waals surface area (Å²) in [6.45, 7) is 3.05. The van der Waals surface area contributed by atoms with Crippen LogP contribution in [0.3, 0.4) is 0 Å². The standard InChI is InChI=1S/C14H20ClFN2/c1-9-3-2-4-10(7-9)8-18-14-12(17)6-5-11(15)13(14)16/h5-6,9-10,18H,2-4,7-8,17H2,1H3. The number of hydrogen-bond donors (Lipinski definition) is 2. The monoisotopic (exact) mass is 270 g/mol. The quantitative estimate of drug-likeness (QED) is 0.804. The van der Waals surface area contributed by atoms with Gasteiger partial charge in [0.15, 0.2) is 5.82 Å². The van der Waals surface area contributed by atoms with E-state index < -0.39 is 5.82 Å². The maximum atomic E-state index is 13.8. The molecule has 0 spiro atoms. The Hall–Kier alpha value is -0.960. The molecule has 2 unspecified atom stereocenters. The Kier molecular flexibility index (Phi) is 4.33. The SMILES string of the molecule is CC1CCCC(CNc2c(N)ccc(Cl)c2F)C1. The molecule has 1 aromatic carbocycles. The Balaban J connectivity index is 1.99. The minimum Gasteiger partial charge on any atom is -0.397 e. The van der Waals surface area contributed by atoms with Gasteiger partial charge in [-0.1, -0.05) is 31.4 Å². The predicted octanol–water partition coefficient (Wildman–Crippen LogP) is 4.30. The number of hydrogen-bond acceptors (Lipinski definition) is 2. The molecular weight excluding hydrogens is 251 g/mol. The van der Waals surface area contributed by atoms with E-state index in [0.717, 1.165) is 12.5 Å². The third-order valence-electron chi connectivity index (χ3n) is 3.74. The molecule has 2 rings (SSSR count). The number of halogens is 2. The van der Waals surface area contributed by atoms with E-state index in [1.807, 2.05) is 0 Å². The number of benzene rings is 1. The summed E-state index contributed by atoms with van der Waals surface area (Å²) < 4.78 is 13.8. The molecule has 0 amide bonds. The Bertz CT molecular complexity index is 423. The zero-order valence-corrected chi connectivity index (χ0v) is 11.4. The molecule has 2 nitrogen and oxygen atoms in total. The van der Waals surface area contributed by atoms with Crippen LogP contribution in [0.15, 0.2) is 12.1 Å². The van der Waals surface area contributed by atoms with Crippen molar-refractivity contribution in [2.24, 2.45) is 11.8 Å². The molecule has 4 heteroatoms. The van der Waals surface area contributed by atoms with Crippen LogP contribution in [-0.2, 0) is 0 Å². The van der Waals surface area contributed by atoms with Crippen molar-refractivity contribution in [3.8, 4) is 0 Å². The number of rotatable bonds is 3. The lowest BCUT2D eigenvalue weighted by Gasteiger charge is -2.27. The van der Waals surface area contributed by atoms with Gasteiger partial charge in [-0.15, -0.1) is 0 Å². The van der Waals surface area contributed by atoms with Crippen LogP contribution < -0.4 is 11.1 Å². The van der Waals surface area contributed by atoms with Gasteiger partial charge in [0.25, 0.3) is 0 Å². The first-order chi connectivity index (χ1) is 8.58. The molecule has 1 fully saturated rings. The van der Waals surface area contributed by atoms with Crippen LogP contribution in [-0.4, -0.2) is 6.54 Å². The number of anilines is 2. The summed E-state index contributed by atoms with van der Waals surface area (Å²) >= 11 is 5.76. The van der Waals surface area contributed by atoms with Crippen LogP contribution in [0.25, 0.3) is 0 Å². The highest BCUT2D eigenvalue weighted by Gasteiger charge is 2.19. The molecule has 1 aliphatic carbocycles.